The van der Waals surface area contributed by atoms with Gasteiger partial charge >= 0.3 is 12.1 Å². The minimum Gasteiger partial charge on any atom is -0.479 e. The van der Waals surface area contributed by atoms with E-state index >= 15 is 0 Å². The van der Waals surface area contributed by atoms with Crippen LogP contribution >= 0.6 is 0 Å². The fourth-order valence-electron chi connectivity index (χ4n) is 2.50. The molecule has 1 fully saturated rings. The Morgan fingerprint density at radius 2 is 1.73 bits per heavy atom. The second-order valence-electron chi connectivity index (χ2n) is 7.81. The van der Waals surface area contributed by atoms with E-state index in [1.165, 1.54) is 25.9 Å². The number of amides is 1. The molecule has 1 aromatic rings. The summed E-state index contributed by atoms with van der Waals surface area (Å²) in [6.45, 7) is 10.1. The molecule has 0 aromatic heterocycles. The first-order valence-corrected chi connectivity index (χ1v) is 9.04. The van der Waals surface area contributed by atoms with E-state index < -0.39 is 23.7 Å². The van der Waals surface area contributed by atoms with Crippen molar-refractivity contribution in [2.24, 2.45) is 5.92 Å². The van der Waals surface area contributed by atoms with Crippen LogP contribution in [0.1, 0.15) is 52.1 Å². The molecule has 1 atom stereocenters. The molecule has 1 aromatic carbocycles. The summed E-state index contributed by atoms with van der Waals surface area (Å²) in [5, 5.41) is 11.4. The maximum absolute atomic E-state index is 11.6. The molecule has 0 radical (unpaired) electrons. The summed E-state index contributed by atoms with van der Waals surface area (Å²) in [4.78, 5) is 25.1. The second kappa shape index (κ2) is 10.2. The Morgan fingerprint density at radius 1 is 1.19 bits per heavy atom. The van der Waals surface area contributed by atoms with Crippen LogP contribution in [0, 0.1) is 5.92 Å². The molecule has 0 aliphatic carbocycles. The van der Waals surface area contributed by atoms with Gasteiger partial charge in [-0.3, -0.25) is 0 Å². The number of hydrogen-bond donors (Lipinski definition) is 2. The normalized spacial score (nSPS) is 16.8. The van der Waals surface area contributed by atoms with E-state index in [1.807, 2.05) is 0 Å². The average Bonchev–Trinajstić information content (AvgIpc) is 2.55. The molecule has 2 rings (SSSR count). The molecule has 6 heteroatoms. The molecule has 26 heavy (non-hydrogen) atoms. The van der Waals surface area contributed by atoms with Gasteiger partial charge in [-0.05, 0) is 65.2 Å². The zero-order chi connectivity index (χ0) is 19.7. The van der Waals surface area contributed by atoms with Crippen molar-refractivity contribution >= 4 is 12.1 Å². The molecule has 0 saturated carbocycles. The molecule has 1 heterocycles. The molecular formula is C20H32N2O4. The third kappa shape index (κ3) is 8.85. The van der Waals surface area contributed by atoms with Crippen molar-refractivity contribution in [1.29, 1.82) is 0 Å². The van der Waals surface area contributed by atoms with Gasteiger partial charge in [0.2, 0.25) is 0 Å². The van der Waals surface area contributed by atoms with Crippen LogP contribution in [-0.4, -0.2) is 47.8 Å². The molecule has 1 aliphatic heterocycles. The predicted octanol–water partition coefficient (Wildman–Crippen LogP) is 3.69. The van der Waals surface area contributed by atoms with Crippen LogP contribution in [0.4, 0.5) is 4.79 Å². The van der Waals surface area contributed by atoms with E-state index in [4.69, 9.17) is 9.84 Å². The highest BCUT2D eigenvalue weighted by Gasteiger charge is 2.25. The van der Waals surface area contributed by atoms with Crippen molar-refractivity contribution in [2.45, 2.75) is 52.2 Å². The third-order valence-electron chi connectivity index (χ3n) is 4.05. The number of nitrogens with zero attached hydrogens (tertiary/aromatic N) is 1. The van der Waals surface area contributed by atoms with Crippen LogP contribution in [0.25, 0.3) is 0 Å². The first-order chi connectivity index (χ1) is 12.1. The highest BCUT2D eigenvalue weighted by atomic mass is 16.6. The Balaban J connectivity index is 0.000000350. The molecule has 2 N–H and O–H groups in total. The van der Waals surface area contributed by atoms with Crippen molar-refractivity contribution in [1.82, 2.24) is 10.2 Å². The molecule has 1 amide bonds. The lowest BCUT2D eigenvalue weighted by atomic mass is 10.00. The molecule has 0 bridgehead atoms. The highest BCUT2D eigenvalue weighted by molar-refractivity contribution is 5.81. The topological polar surface area (TPSA) is 78.9 Å². The largest absolute Gasteiger partial charge is 0.479 e. The molecule has 1 saturated heterocycles. The molecule has 1 unspecified atom stereocenters. The average molecular weight is 364 g/mol. The maximum Gasteiger partial charge on any atom is 0.408 e. The number of ether oxygens (including phenoxy) is 1. The number of benzene rings is 1. The lowest BCUT2D eigenvalue weighted by Gasteiger charge is -2.26. The van der Waals surface area contributed by atoms with E-state index in [9.17, 15) is 9.59 Å². The van der Waals surface area contributed by atoms with Gasteiger partial charge in [-0.2, -0.15) is 0 Å². The summed E-state index contributed by atoms with van der Waals surface area (Å²) >= 11 is 0. The van der Waals surface area contributed by atoms with Gasteiger partial charge in [-0.1, -0.05) is 37.3 Å². The number of nitrogens with one attached hydrogen (secondary N) is 1. The van der Waals surface area contributed by atoms with Crippen LogP contribution in [0.3, 0.4) is 0 Å². The fourth-order valence-corrected chi connectivity index (χ4v) is 2.50. The maximum atomic E-state index is 11.6. The number of likely N-dealkylation sites (tertiary alicyclic amines) is 1. The number of aliphatic carboxylic acids is 1. The Hall–Kier alpha value is -2.08. The van der Waals surface area contributed by atoms with E-state index in [0.29, 0.717) is 5.56 Å². The van der Waals surface area contributed by atoms with Gasteiger partial charge in [0.15, 0.2) is 6.04 Å². The highest BCUT2D eigenvalue weighted by Crippen LogP contribution is 2.15. The van der Waals surface area contributed by atoms with Crippen molar-refractivity contribution in [3.63, 3.8) is 0 Å². The van der Waals surface area contributed by atoms with Crippen LogP contribution < -0.4 is 5.32 Å². The second-order valence-corrected chi connectivity index (χ2v) is 7.81. The van der Waals surface area contributed by atoms with Gasteiger partial charge in [0, 0.05) is 0 Å². The van der Waals surface area contributed by atoms with E-state index in [2.05, 4.69) is 24.2 Å². The number of alkyl carbamates (subject to hydrolysis) is 1. The van der Waals surface area contributed by atoms with Crippen molar-refractivity contribution < 1.29 is 19.4 Å². The Labute approximate surface area is 156 Å². The Kier molecular flexibility index (Phi) is 8.58. The van der Waals surface area contributed by atoms with Gasteiger partial charge < -0.3 is 20.1 Å². The van der Waals surface area contributed by atoms with Crippen molar-refractivity contribution in [3.8, 4) is 0 Å². The number of carbonyl (C=O) groups excluding carboxylic acids is 1. The van der Waals surface area contributed by atoms with Crippen LogP contribution in [0.2, 0.25) is 0 Å². The monoisotopic (exact) mass is 364 g/mol. The smallest absolute Gasteiger partial charge is 0.408 e. The Bertz CT molecular complexity index is 551. The molecule has 0 spiro atoms. The summed E-state index contributed by atoms with van der Waals surface area (Å²) in [6.07, 6.45) is 2.05. The third-order valence-corrected chi connectivity index (χ3v) is 4.05. The van der Waals surface area contributed by atoms with Gasteiger partial charge in [-0.15, -0.1) is 0 Å². The van der Waals surface area contributed by atoms with Gasteiger partial charge in [-0.25, -0.2) is 9.59 Å². The summed E-state index contributed by atoms with van der Waals surface area (Å²) in [5.74, 6) is -0.154. The van der Waals surface area contributed by atoms with Gasteiger partial charge in [0.05, 0.1) is 0 Å². The van der Waals surface area contributed by atoms with Crippen LogP contribution in [-0.2, 0) is 9.53 Å². The minimum atomic E-state index is -1.13. The minimum absolute atomic E-state index is 0.496. The van der Waals surface area contributed by atoms with Crippen LogP contribution in [0.5, 0.6) is 0 Å². The number of carbonyl (C=O) groups is 2. The van der Waals surface area contributed by atoms with Gasteiger partial charge in [0.1, 0.15) is 5.60 Å². The van der Waals surface area contributed by atoms with Gasteiger partial charge in [0.25, 0.3) is 0 Å². The van der Waals surface area contributed by atoms with E-state index in [-0.39, 0.29) is 0 Å². The first kappa shape index (κ1) is 22.0. The Morgan fingerprint density at radius 3 is 2.15 bits per heavy atom. The van der Waals surface area contributed by atoms with E-state index in [1.54, 1.807) is 51.1 Å². The number of piperidine rings is 1. The molecule has 1 aliphatic rings. The number of rotatable bonds is 3. The lowest BCUT2D eigenvalue weighted by Crippen LogP contribution is -2.38. The number of carboxylic acid groups (broad SMARTS) is 1. The quantitative estimate of drug-likeness (QED) is 0.855. The molecule has 6 nitrogen and oxygen atoms in total. The summed E-state index contributed by atoms with van der Waals surface area (Å²) in [5.41, 5.74) is -0.167. The first-order valence-electron chi connectivity index (χ1n) is 9.04. The molecule has 146 valence electrons. The van der Waals surface area contributed by atoms with Crippen LogP contribution in [0.15, 0.2) is 30.3 Å². The fraction of sp³-hybridized carbons (Fsp3) is 0.600. The SMILES string of the molecule is CC(C)(C)OC(=O)NC(C(=O)O)c1ccccc1.CC1CCN(C)CC1. The summed E-state index contributed by atoms with van der Waals surface area (Å²) < 4.78 is 5.03. The van der Waals surface area contributed by atoms with Crippen molar-refractivity contribution in [3.05, 3.63) is 35.9 Å². The van der Waals surface area contributed by atoms with E-state index in [0.717, 1.165) is 5.92 Å². The number of carboxylic acids is 1. The van der Waals surface area contributed by atoms with Crippen molar-refractivity contribution in [2.75, 3.05) is 20.1 Å². The summed E-state index contributed by atoms with van der Waals surface area (Å²) in [6, 6.07) is 7.35. The zero-order valence-corrected chi connectivity index (χ0v) is 16.5. The predicted molar refractivity (Wildman–Crippen MR) is 102 cm³/mol. The zero-order valence-electron chi connectivity index (χ0n) is 16.5. The summed E-state index contributed by atoms with van der Waals surface area (Å²) in [7, 11) is 2.20. The molecular weight excluding hydrogens is 332 g/mol. The standard InChI is InChI=1S/C13H17NO4.C7H15N/c1-13(2,3)18-12(17)14-10(11(15)16)9-7-5-4-6-8-9;1-7-3-5-8(2)6-4-7/h4-8,10H,1-3H3,(H,14,17)(H,15,16);7H,3-6H2,1-2H3. The number of hydrogen-bond acceptors (Lipinski definition) is 4. The lowest BCUT2D eigenvalue weighted by molar-refractivity contribution is -0.139.